The molecule has 0 bridgehead atoms. The van der Waals surface area contributed by atoms with E-state index in [9.17, 15) is 9.59 Å². The van der Waals surface area contributed by atoms with Crippen molar-refractivity contribution in [2.75, 3.05) is 5.75 Å². The molecule has 1 N–H and O–H groups in total. The van der Waals surface area contributed by atoms with Crippen LogP contribution in [0.25, 0.3) is 21.7 Å². The molecule has 3 aromatic rings. The maximum absolute atomic E-state index is 12.7. The van der Waals surface area contributed by atoms with Crippen LogP contribution in [-0.2, 0) is 11.8 Å². The number of hydrogen-bond acceptors (Lipinski definition) is 4. The molecular formula is C20H21N3O2S. The quantitative estimate of drug-likeness (QED) is 0.428. The van der Waals surface area contributed by atoms with Crippen molar-refractivity contribution in [1.82, 2.24) is 14.9 Å². The smallest absolute Gasteiger partial charge is 0.261 e. The fraction of sp³-hybridized carbons (Fsp3) is 0.350. The Balaban J connectivity index is 1.60. The Kier molecular flexibility index (Phi) is 4.44. The molecule has 5 nitrogen and oxygen atoms in total. The first-order valence-electron chi connectivity index (χ1n) is 8.84. The second-order valence-corrected chi connectivity index (χ2v) is 7.90. The lowest BCUT2D eigenvalue weighted by atomic mass is 10.1. The maximum atomic E-state index is 12.7. The third-order valence-corrected chi connectivity index (χ3v) is 5.98. The average molecular weight is 367 g/mol. The lowest BCUT2D eigenvalue weighted by Gasteiger charge is -2.13. The highest BCUT2D eigenvalue weighted by molar-refractivity contribution is 7.99. The van der Waals surface area contributed by atoms with Crippen LogP contribution in [0.4, 0.5) is 0 Å². The van der Waals surface area contributed by atoms with E-state index in [1.807, 2.05) is 36.4 Å². The first-order valence-corrected chi connectivity index (χ1v) is 9.83. The monoisotopic (exact) mass is 367 g/mol. The predicted molar refractivity (Wildman–Crippen MR) is 106 cm³/mol. The Morgan fingerprint density at radius 2 is 2.00 bits per heavy atom. The molecule has 0 aliphatic heterocycles. The third-order valence-electron chi connectivity index (χ3n) is 4.95. The molecular weight excluding hydrogens is 346 g/mol. The molecule has 1 aliphatic carbocycles. The summed E-state index contributed by atoms with van der Waals surface area (Å²) in [5, 5.41) is 6.26. The molecule has 134 valence electrons. The molecule has 0 saturated heterocycles. The van der Waals surface area contributed by atoms with Crippen molar-refractivity contribution in [3.63, 3.8) is 0 Å². The first-order chi connectivity index (χ1) is 12.5. The van der Waals surface area contributed by atoms with E-state index in [-0.39, 0.29) is 23.3 Å². The number of fused-ring (bicyclic) bond motifs is 2. The highest BCUT2D eigenvalue weighted by atomic mass is 32.2. The van der Waals surface area contributed by atoms with Gasteiger partial charge in [-0.2, -0.15) is 0 Å². The molecule has 1 heterocycles. The number of carbonyl (C=O) groups is 1. The molecule has 26 heavy (non-hydrogen) atoms. The fourth-order valence-electron chi connectivity index (χ4n) is 3.21. The van der Waals surface area contributed by atoms with Crippen molar-refractivity contribution < 1.29 is 4.79 Å². The number of thioether (sulfide) groups is 1. The van der Waals surface area contributed by atoms with Gasteiger partial charge in [0.2, 0.25) is 5.91 Å². The number of rotatable bonds is 5. The zero-order valence-corrected chi connectivity index (χ0v) is 15.7. The van der Waals surface area contributed by atoms with Crippen molar-refractivity contribution in [3.8, 4) is 0 Å². The van der Waals surface area contributed by atoms with Crippen LogP contribution in [0.3, 0.4) is 0 Å². The van der Waals surface area contributed by atoms with Gasteiger partial charge in [0, 0.05) is 13.1 Å². The number of amides is 1. The molecule has 1 aliphatic rings. The van der Waals surface area contributed by atoms with E-state index in [0.717, 1.165) is 10.8 Å². The fourth-order valence-corrected chi connectivity index (χ4v) is 3.99. The molecule has 1 amide bonds. The topological polar surface area (TPSA) is 64.0 Å². The molecule has 1 atom stereocenters. The van der Waals surface area contributed by atoms with Crippen LogP contribution in [0.15, 0.2) is 46.3 Å². The van der Waals surface area contributed by atoms with Crippen molar-refractivity contribution in [2.24, 2.45) is 13.0 Å². The minimum Gasteiger partial charge on any atom is -0.353 e. The molecule has 0 unspecified atom stereocenters. The van der Waals surface area contributed by atoms with E-state index in [1.54, 1.807) is 7.05 Å². The SMILES string of the molecule is C[C@@H](NC(=O)CSc1nc2cc3ccccc3cc2c(=O)n1C)C1CC1. The molecule has 6 heteroatoms. The Hall–Kier alpha value is -2.34. The van der Waals surface area contributed by atoms with Crippen LogP contribution in [-0.4, -0.2) is 27.3 Å². The van der Waals surface area contributed by atoms with E-state index in [2.05, 4.69) is 17.2 Å². The number of benzene rings is 2. The van der Waals surface area contributed by atoms with E-state index in [0.29, 0.717) is 22.0 Å². The van der Waals surface area contributed by atoms with Crippen LogP contribution in [0.2, 0.25) is 0 Å². The standard InChI is InChI=1S/C20H21N3O2S/c1-12(13-7-8-13)21-18(24)11-26-20-22-17-10-15-6-4-3-5-14(15)9-16(17)19(25)23(20)2/h3-6,9-10,12-13H,7-8,11H2,1-2H3,(H,21,24)/t12-/m1/s1. The van der Waals surface area contributed by atoms with Gasteiger partial charge in [0.05, 0.1) is 16.7 Å². The zero-order valence-electron chi connectivity index (χ0n) is 14.9. The van der Waals surface area contributed by atoms with E-state index < -0.39 is 0 Å². The summed E-state index contributed by atoms with van der Waals surface area (Å²) >= 11 is 1.30. The summed E-state index contributed by atoms with van der Waals surface area (Å²) in [5.74, 6) is 0.874. The predicted octanol–water partition coefficient (Wildman–Crippen LogP) is 3.09. The number of hydrogen-bond donors (Lipinski definition) is 1. The van der Waals surface area contributed by atoms with Crippen LogP contribution in [0.5, 0.6) is 0 Å². The van der Waals surface area contributed by atoms with Gasteiger partial charge >= 0.3 is 0 Å². The van der Waals surface area contributed by atoms with Crippen LogP contribution in [0, 0.1) is 5.92 Å². The van der Waals surface area contributed by atoms with Gasteiger partial charge in [0.1, 0.15) is 0 Å². The van der Waals surface area contributed by atoms with Crippen molar-refractivity contribution in [2.45, 2.75) is 31.0 Å². The van der Waals surface area contributed by atoms with Gasteiger partial charge in [-0.1, -0.05) is 36.0 Å². The summed E-state index contributed by atoms with van der Waals surface area (Å²) in [4.78, 5) is 29.5. The summed E-state index contributed by atoms with van der Waals surface area (Å²) in [6.07, 6.45) is 2.40. The molecule has 4 rings (SSSR count). The summed E-state index contributed by atoms with van der Waals surface area (Å²) in [5.41, 5.74) is 0.580. The number of nitrogens with zero attached hydrogens (tertiary/aromatic N) is 2. The highest BCUT2D eigenvalue weighted by Crippen LogP contribution is 2.32. The largest absolute Gasteiger partial charge is 0.353 e. The van der Waals surface area contributed by atoms with Gasteiger partial charge in [-0.05, 0) is 48.6 Å². The summed E-state index contributed by atoms with van der Waals surface area (Å²) < 4.78 is 1.53. The Labute approximate surface area is 155 Å². The van der Waals surface area contributed by atoms with Gasteiger partial charge in [-0.15, -0.1) is 0 Å². The second kappa shape index (κ2) is 6.76. The number of nitrogens with one attached hydrogen (secondary N) is 1. The third kappa shape index (κ3) is 3.33. The lowest BCUT2D eigenvalue weighted by molar-refractivity contribution is -0.119. The zero-order chi connectivity index (χ0) is 18.3. The maximum Gasteiger partial charge on any atom is 0.261 e. The second-order valence-electron chi connectivity index (χ2n) is 6.96. The Morgan fingerprint density at radius 3 is 2.69 bits per heavy atom. The van der Waals surface area contributed by atoms with Crippen molar-refractivity contribution in [3.05, 3.63) is 46.8 Å². The minimum atomic E-state index is -0.0880. The Morgan fingerprint density at radius 1 is 1.31 bits per heavy atom. The van der Waals surface area contributed by atoms with Gasteiger partial charge in [0.15, 0.2) is 5.16 Å². The van der Waals surface area contributed by atoms with Crippen molar-refractivity contribution in [1.29, 1.82) is 0 Å². The molecule has 0 radical (unpaired) electrons. The van der Waals surface area contributed by atoms with Gasteiger partial charge in [-0.3, -0.25) is 14.2 Å². The van der Waals surface area contributed by atoms with E-state index in [4.69, 9.17) is 0 Å². The highest BCUT2D eigenvalue weighted by Gasteiger charge is 2.28. The van der Waals surface area contributed by atoms with Gasteiger partial charge in [0.25, 0.3) is 5.56 Å². The lowest BCUT2D eigenvalue weighted by Crippen LogP contribution is -2.35. The van der Waals surface area contributed by atoms with E-state index in [1.165, 1.54) is 29.2 Å². The van der Waals surface area contributed by atoms with Crippen LogP contribution < -0.4 is 10.9 Å². The number of carbonyl (C=O) groups excluding carboxylic acids is 1. The summed E-state index contributed by atoms with van der Waals surface area (Å²) in [6.45, 7) is 2.05. The van der Waals surface area contributed by atoms with Crippen LogP contribution >= 0.6 is 11.8 Å². The molecule has 1 aromatic heterocycles. The molecule has 0 spiro atoms. The first kappa shape index (κ1) is 17.1. The molecule has 2 aromatic carbocycles. The average Bonchev–Trinajstić information content (AvgIpc) is 3.47. The van der Waals surface area contributed by atoms with Crippen LogP contribution in [0.1, 0.15) is 19.8 Å². The van der Waals surface area contributed by atoms with Gasteiger partial charge < -0.3 is 5.32 Å². The summed E-state index contributed by atoms with van der Waals surface area (Å²) in [6, 6.07) is 12.0. The molecule has 1 fully saturated rings. The molecule has 1 saturated carbocycles. The van der Waals surface area contributed by atoms with Crippen molar-refractivity contribution >= 4 is 39.3 Å². The normalized spacial score (nSPS) is 15.3. The number of aromatic nitrogens is 2. The minimum absolute atomic E-state index is 0.0118. The van der Waals surface area contributed by atoms with E-state index >= 15 is 0 Å². The Bertz CT molecular complexity index is 1060. The van der Waals surface area contributed by atoms with Gasteiger partial charge in [-0.25, -0.2) is 4.98 Å². The summed E-state index contributed by atoms with van der Waals surface area (Å²) in [7, 11) is 1.71.